The van der Waals surface area contributed by atoms with Crippen LogP contribution in [0, 0.1) is 5.41 Å². The van der Waals surface area contributed by atoms with Gasteiger partial charge in [0.05, 0.1) is 6.54 Å². The summed E-state index contributed by atoms with van der Waals surface area (Å²) in [6, 6.07) is 2.06. The lowest BCUT2D eigenvalue weighted by Crippen LogP contribution is -2.49. The highest BCUT2D eigenvalue weighted by Gasteiger charge is 2.45. The molecular weight excluding hydrogens is 278 g/mol. The van der Waals surface area contributed by atoms with E-state index in [1.54, 1.807) is 11.2 Å². The average molecular weight is 301 g/mol. The van der Waals surface area contributed by atoms with Crippen LogP contribution >= 0.6 is 0 Å². The highest BCUT2D eigenvalue weighted by atomic mass is 16.2. The van der Waals surface area contributed by atoms with Crippen LogP contribution in [0.3, 0.4) is 0 Å². The van der Waals surface area contributed by atoms with Crippen molar-refractivity contribution in [3.63, 3.8) is 0 Å². The van der Waals surface area contributed by atoms with Gasteiger partial charge in [-0.05, 0) is 31.1 Å². The first-order valence-corrected chi connectivity index (χ1v) is 8.21. The minimum Gasteiger partial charge on any atom is -0.356 e. The number of likely N-dealkylation sites (N-methyl/N-ethyl adjacent to an activating group) is 1. The monoisotopic (exact) mass is 301 g/mol. The molecule has 22 heavy (non-hydrogen) atoms. The van der Waals surface area contributed by atoms with Gasteiger partial charge in [0, 0.05) is 39.3 Å². The van der Waals surface area contributed by atoms with Gasteiger partial charge in [-0.3, -0.25) is 4.79 Å². The number of anilines is 2. The van der Waals surface area contributed by atoms with Crippen LogP contribution in [0.25, 0.3) is 0 Å². The highest BCUT2D eigenvalue weighted by Crippen LogP contribution is 2.52. The third-order valence-corrected chi connectivity index (χ3v) is 5.36. The number of hydrogen-bond acceptors (Lipinski definition) is 5. The number of rotatable bonds is 2. The second kappa shape index (κ2) is 5.11. The van der Waals surface area contributed by atoms with Crippen molar-refractivity contribution in [2.75, 3.05) is 49.6 Å². The molecule has 0 atom stereocenters. The van der Waals surface area contributed by atoms with Crippen LogP contribution in [0.1, 0.15) is 25.7 Å². The van der Waals surface area contributed by atoms with E-state index in [2.05, 4.69) is 25.8 Å². The summed E-state index contributed by atoms with van der Waals surface area (Å²) in [5, 5.41) is 0. The summed E-state index contributed by atoms with van der Waals surface area (Å²) in [6.07, 6.45) is 7.01. The Balaban J connectivity index is 1.52. The molecule has 0 radical (unpaired) electrons. The molecule has 6 nitrogen and oxygen atoms in total. The van der Waals surface area contributed by atoms with Crippen LogP contribution < -0.4 is 9.80 Å². The van der Waals surface area contributed by atoms with E-state index in [4.69, 9.17) is 0 Å². The Morgan fingerprint density at radius 3 is 2.55 bits per heavy atom. The van der Waals surface area contributed by atoms with E-state index in [1.807, 2.05) is 7.05 Å². The number of carbonyl (C=O) groups is 1. The molecule has 1 aromatic rings. The third-order valence-electron chi connectivity index (χ3n) is 5.36. The summed E-state index contributed by atoms with van der Waals surface area (Å²) in [5.74, 6) is 2.05. The van der Waals surface area contributed by atoms with Gasteiger partial charge in [0.2, 0.25) is 5.91 Å². The van der Waals surface area contributed by atoms with Crippen molar-refractivity contribution in [3.8, 4) is 0 Å². The lowest BCUT2D eigenvalue weighted by atomic mass is 9.95. The minimum absolute atomic E-state index is 0.154. The number of piperidine rings is 1. The molecule has 0 unspecified atom stereocenters. The maximum Gasteiger partial charge on any atom is 0.241 e. The Morgan fingerprint density at radius 2 is 1.82 bits per heavy atom. The van der Waals surface area contributed by atoms with E-state index in [9.17, 15) is 4.79 Å². The van der Waals surface area contributed by atoms with Crippen LogP contribution in [0.4, 0.5) is 11.6 Å². The molecule has 1 aromatic heterocycles. The Bertz CT molecular complexity index is 586. The fraction of sp³-hybridized carbons (Fsp3) is 0.688. The summed E-state index contributed by atoms with van der Waals surface area (Å²) in [7, 11) is 1.86. The Hall–Kier alpha value is -1.85. The molecule has 0 N–H and O–H groups in total. The number of aromatic nitrogens is 2. The summed E-state index contributed by atoms with van der Waals surface area (Å²) in [4.78, 5) is 27.0. The molecule has 1 saturated carbocycles. The first kappa shape index (κ1) is 13.8. The molecule has 3 fully saturated rings. The molecule has 3 aliphatic rings. The molecule has 2 saturated heterocycles. The lowest BCUT2D eigenvalue weighted by Gasteiger charge is -2.35. The summed E-state index contributed by atoms with van der Waals surface area (Å²) < 4.78 is 0. The van der Waals surface area contributed by atoms with E-state index >= 15 is 0 Å². The van der Waals surface area contributed by atoms with E-state index in [0.29, 0.717) is 12.0 Å². The largest absolute Gasteiger partial charge is 0.356 e. The summed E-state index contributed by atoms with van der Waals surface area (Å²) in [6.45, 7) is 4.22. The molecular formula is C16H23N5O. The van der Waals surface area contributed by atoms with Gasteiger partial charge in [0.25, 0.3) is 0 Å². The fourth-order valence-electron chi connectivity index (χ4n) is 3.63. The Morgan fingerprint density at radius 1 is 1.05 bits per heavy atom. The van der Waals surface area contributed by atoms with Crippen LogP contribution in [0.15, 0.2) is 12.4 Å². The zero-order valence-electron chi connectivity index (χ0n) is 13.2. The topological polar surface area (TPSA) is 52.6 Å². The normalized spacial score (nSPS) is 24.0. The van der Waals surface area contributed by atoms with Crippen molar-refractivity contribution < 1.29 is 4.79 Å². The summed E-state index contributed by atoms with van der Waals surface area (Å²) >= 11 is 0. The molecule has 1 aliphatic carbocycles. The average Bonchev–Trinajstić information content (AvgIpc) is 3.29. The quantitative estimate of drug-likeness (QED) is 0.820. The number of nitrogens with zero attached hydrogens (tertiary/aromatic N) is 5. The van der Waals surface area contributed by atoms with Crippen LogP contribution in [-0.2, 0) is 4.79 Å². The van der Waals surface area contributed by atoms with Crippen molar-refractivity contribution in [3.05, 3.63) is 12.4 Å². The van der Waals surface area contributed by atoms with Crippen molar-refractivity contribution in [1.29, 1.82) is 0 Å². The molecule has 0 aromatic carbocycles. The number of hydrogen-bond donors (Lipinski definition) is 0. The van der Waals surface area contributed by atoms with E-state index in [1.165, 1.54) is 25.7 Å². The molecule has 6 heteroatoms. The fourth-order valence-corrected chi connectivity index (χ4v) is 3.63. The SMILES string of the molecule is CN1CCN(c2cc(N3CCCC4(CC4)C3)ncn2)CC1=O. The molecule has 118 valence electrons. The van der Waals surface area contributed by atoms with Gasteiger partial charge in [-0.2, -0.15) is 0 Å². The maximum absolute atomic E-state index is 11.9. The van der Waals surface area contributed by atoms with Gasteiger partial charge in [0.15, 0.2) is 0 Å². The smallest absolute Gasteiger partial charge is 0.241 e. The van der Waals surface area contributed by atoms with Gasteiger partial charge < -0.3 is 14.7 Å². The van der Waals surface area contributed by atoms with E-state index < -0.39 is 0 Å². The van der Waals surface area contributed by atoms with Crippen LogP contribution in [-0.4, -0.2) is 60.5 Å². The van der Waals surface area contributed by atoms with Gasteiger partial charge in [0.1, 0.15) is 18.0 Å². The third kappa shape index (κ3) is 2.51. The van der Waals surface area contributed by atoms with Crippen molar-refractivity contribution in [1.82, 2.24) is 14.9 Å². The predicted octanol–water partition coefficient (Wildman–Crippen LogP) is 1.14. The van der Waals surface area contributed by atoms with Crippen LogP contribution in [0.5, 0.6) is 0 Å². The zero-order chi connectivity index (χ0) is 15.2. The second-order valence-electron chi connectivity index (χ2n) is 7.00. The maximum atomic E-state index is 11.9. The van der Waals surface area contributed by atoms with E-state index in [0.717, 1.165) is 37.8 Å². The van der Waals surface area contributed by atoms with Crippen molar-refractivity contribution >= 4 is 17.5 Å². The van der Waals surface area contributed by atoms with Gasteiger partial charge in [-0.1, -0.05) is 0 Å². The molecule has 2 aliphatic heterocycles. The second-order valence-corrected chi connectivity index (χ2v) is 7.00. The summed E-state index contributed by atoms with van der Waals surface area (Å²) in [5.41, 5.74) is 0.577. The standard InChI is InChI=1S/C16H23N5O/c1-19-7-8-20(10-15(19)22)13-9-14(18-12-17-13)21-6-2-3-16(11-21)4-5-16/h9,12H,2-8,10-11H2,1H3. The van der Waals surface area contributed by atoms with Crippen LogP contribution in [0.2, 0.25) is 0 Å². The first-order chi connectivity index (χ1) is 10.7. The molecule has 1 amide bonds. The van der Waals surface area contributed by atoms with Gasteiger partial charge in [-0.15, -0.1) is 0 Å². The van der Waals surface area contributed by atoms with E-state index in [-0.39, 0.29) is 5.91 Å². The number of amides is 1. The molecule has 4 rings (SSSR count). The number of piperazine rings is 1. The zero-order valence-corrected chi connectivity index (χ0v) is 13.2. The predicted molar refractivity (Wildman–Crippen MR) is 85.0 cm³/mol. The molecule has 0 bridgehead atoms. The van der Waals surface area contributed by atoms with Crippen molar-refractivity contribution in [2.24, 2.45) is 5.41 Å². The number of carbonyl (C=O) groups excluding carboxylic acids is 1. The Kier molecular flexibility index (Phi) is 3.20. The van der Waals surface area contributed by atoms with Crippen molar-refractivity contribution in [2.45, 2.75) is 25.7 Å². The first-order valence-electron chi connectivity index (χ1n) is 8.21. The molecule has 1 spiro atoms. The Labute approximate surface area is 131 Å². The van der Waals surface area contributed by atoms with Gasteiger partial charge in [-0.25, -0.2) is 9.97 Å². The molecule has 3 heterocycles. The highest BCUT2D eigenvalue weighted by molar-refractivity contribution is 5.82. The lowest BCUT2D eigenvalue weighted by molar-refractivity contribution is -0.129. The minimum atomic E-state index is 0.154. The van der Waals surface area contributed by atoms with Gasteiger partial charge >= 0.3 is 0 Å².